The molecule has 0 saturated heterocycles. The first kappa shape index (κ1) is 15.4. The van der Waals surface area contributed by atoms with E-state index < -0.39 is 9.84 Å². The Hall–Kier alpha value is -2.01. The zero-order valence-corrected chi connectivity index (χ0v) is 13.0. The minimum absolute atomic E-state index is 0.0652. The number of anilines is 1. The average molecular weight is 305 g/mol. The molecule has 2 aromatic rings. The van der Waals surface area contributed by atoms with Gasteiger partial charge in [-0.05, 0) is 49.2 Å². The van der Waals surface area contributed by atoms with E-state index >= 15 is 0 Å². The molecule has 0 saturated carbocycles. The molecule has 0 aliphatic carbocycles. The van der Waals surface area contributed by atoms with Crippen LogP contribution in [0.2, 0.25) is 0 Å². The highest BCUT2D eigenvalue weighted by Crippen LogP contribution is 2.17. The van der Waals surface area contributed by atoms with Gasteiger partial charge in [0.25, 0.3) is 0 Å². The van der Waals surface area contributed by atoms with Gasteiger partial charge in [0.15, 0.2) is 9.84 Å². The summed E-state index contributed by atoms with van der Waals surface area (Å²) in [7, 11) is -3.34. The van der Waals surface area contributed by atoms with Crippen molar-refractivity contribution >= 4 is 15.5 Å². The fraction of sp³-hybridized carbons (Fsp3) is 0.250. The Morgan fingerprint density at radius 2 is 1.81 bits per heavy atom. The maximum atomic E-state index is 12.2. The van der Waals surface area contributed by atoms with Gasteiger partial charge in [-0.25, -0.2) is 8.42 Å². The summed E-state index contributed by atoms with van der Waals surface area (Å²) in [6.07, 6.45) is 0. The van der Waals surface area contributed by atoms with E-state index in [1.807, 2.05) is 19.9 Å². The van der Waals surface area contributed by atoms with Crippen LogP contribution in [0.25, 0.3) is 0 Å². The van der Waals surface area contributed by atoms with E-state index in [1.165, 1.54) is 0 Å². The second-order valence-electron chi connectivity index (χ2n) is 4.99. The summed E-state index contributed by atoms with van der Waals surface area (Å²) in [5, 5.41) is 0. The van der Waals surface area contributed by atoms with Gasteiger partial charge in [-0.2, -0.15) is 0 Å². The Morgan fingerprint density at radius 1 is 1.05 bits per heavy atom. The van der Waals surface area contributed by atoms with Crippen LogP contribution in [0.3, 0.4) is 0 Å². The molecule has 0 amide bonds. The number of ether oxygens (including phenoxy) is 1. The second-order valence-corrected chi connectivity index (χ2v) is 7.10. The van der Waals surface area contributed by atoms with Crippen molar-refractivity contribution in [1.82, 2.24) is 0 Å². The predicted molar refractivity (Wildman–Crippen MR) is 84.3 cm³/mol. The van der Waals surface area contributed by atoms with Gasteiger partial charge in [0.05, 0.1) is 10.6 Å². The fourth-order valence-electron chi connectivity index (χ4n) is 1.90. The molecule has 0 fully saturated rings. The zero-order valence-electron chi connectivity index (χ0n) is 12.2. The van der Waals surface area contributed by atoms with Gasteiger partial charge in [-0.15, -0.1) is 0 Å². The lowest BCUT2D eigenvalue weighted by Gasteiger charge is -2.09. The van der Waals surface area contributed by atoms with Crippen molar-refractivity contribution in [1.29, 1.82) is 0 Å². The van der Waals surface area contributed by atoms with Crippen LogP contribution in [0.5, 0.6) is 5.75 Å². The number of rotatable bonds is 5. The van der Waals surface area contributed by atoms with Crippen molar-refractivity contribution in [2.75, 3.05) is 18.1 Å². The van der Waals surface area contributed by atoms with Crippen molar-refractivity contribution in [2.24, 2.45) is 0 Å². The number of hydrogen-bond donors (Lipinski definition) is 1. The molecular formula is C16H19NO3S. The molecule has 112 valence electrons. The molecule has 0 heterocycles. The summed E-state index contributed by atoms with van der Waals surface area (Å²) in [4.78, 5) is 0.335. The molecule has 0 bridgehead atoms. The van der Waals surface area contributed by atoms with E-state index in [0.717, 1.165) is 11.1 Å². The highest BCUT2D eigenvalue weighted by molar-refractivity contribution is 7.91. The van der Waals surface area contributed by atoms with Crippen LogP contribution >= 0.6 is 0 Å². The first-order chi connectivity index (χ1) is 9.88. The van der Waals surface area contributed by atoms with Crippen molar-refractivity contribution in [3.63, 3.8) is 0 Å². The summed E-state index contributed by atoms with van der Waals surface area (Å²) in [5.41, 5.74) is 8.27. The fourth-order valence-corrected chi connectivity index (χ4v) is 3.07. The van der Waals surface area contributed by atoms with E-state index in [1.54, 1.807) is 36.4 Å². The number of nitrogens with two attached hydrogens (primary N) is 1. The summed E-state index contributed by atoms with van der Waals surface area (Å²) < 4.78 is 29.9. The molecule has 0 aliphatic rings. The molecule has 2 rings (SSSR count). The monoisotopic (exact) mass is 305 g/mol. The third kappa shape index (κ3) is 3.98. The Kier molecular flexibility index (Phi) is 4.53. The van der Waals surface area contributed by atoms with Crippen LogP contribution in [-0.2, 0) is 9.84 Å². The first-order valence-electron chi connectivity index (χ1n) is 6.67. The number of aryl methyl sites for hydroxylation is 2. The molecule has 21 heavy (non-hydrogen) atoms. The molecule has 0 radical (unpaired) electrons. The lowest BCUT2D eigenvalue weighted by Crippen LogP contribution is -2.14. The first-order valence-corrected chi connectivity index (χ1v) is 8.32. The van der Waals surface area contributed by atoms with Crippen molar-refractivity contribution in [3.8, 4) is 5.75 Å². The van der Waals surface area contributed by atoms with Crippen LogP contribution in [0, 0.1) is 13.8 Å². The topological polar surface area (TPSA) is 69.4 Å². The molecule has 5 heteroatoms. The summed E-state index contributed by atoms with van der Waals surface area (Å²) in [6, 6.07) is 12.1. The molecule has 4 nitrogen and oxygen atoms in total. The Morgan fingerprint density at radius 3 is 2.48 bits per heavy atom. The maximum Gasteiger partial charge on any atom is 0.181 e. The molecule has 0 atom stereocenters. The smallest absolute Gasteiger partial charge is 0.181 e. The lowest BCUT2D eigenvalue weighted by molar-refractivity contribution is 0.341. The summed E-state index contributed by atoms with van der Waals surface area (Å²) >= 11 is 0. The quantitative estimate of drug-likeness (QED) is 0.862. The molecule has 2 aromatic carbocycles. The molecule has 0 aromatic heterocycles. The largest absolute Gasteiger partial charge is 0.492 e. The number of hydrogen-bond acceptors (Lipinski definition) is 4. The van der Waals surface area contributed by atoms with Crippen molar-refractivity contribution < 1.29 is 13.2 Å². The molecule has 0 aliphatic heterocycles. The highest BCUT2D eigenvalue weighted by atomic mass is 32.2. The molecular weight excluding hydrogens is 286 g/mol. The van der Waals surface area contributed by atoms with Crippen molar-refractivity contribution in [2.45, 2.75) is 18.7 Å². The minimum atomic E-state index is -3.34. The van der Waals surface area contributed by atoms with E-state index in [-0.39, 0.29) is 12.4 Å². The van der Waals surface area contributed by atoms with Crippen LogP contribution < -0.4 is 10.5 Å². The molecule has 0 spiro atoms. The number of sulfone groups is 1. The van der Waals surface area contributed by atoms with Crippen LogP contribution in [-0.4, -0.2) is 20.8 Å². The third-order valence-corrected chi connectivity index (χ3v) is 4.99. The minimum Gasteiger partial charge on any atom is -0.492 e. The number of nitrogen functional groups attached to an aromatic ring is 1. The van der Waals surface area contributed by atoms with E-state index in [4.69, 9.17) is 10.5 Å². The van der Waals surface area contributed by atoms with Gasteiger partial charge < -0.3 is 10.5 Å². The normalized spacial score (nSPS) is 11.3. The number of benzene rings is 2. The maximum absolute atomic E-state index is 12.2. The third-order valence-electron chi connectivity index (χ3n) is 3.32. The summed E-state index contributed by atoms with van der Waals surface area (Å²) in [5.74, 6) is 0.509. The predicted octanol–water partition coefficient (Wildman–Crippen LogP) is 2.74. The lowest BCUT2D eigenvalue weighted by atomic mass is 10.1. The Labute approximate surface area is 125 Å². The van der Waals surface area contributed by atoms with Crippen LogP contribution in [0.4, 0.5) is 5.69 Å². The van der Waals surface area contributed by atoms with Gasteiger partial charge in [0, 0.05) is 11.8 Å². The standard InChI is InChI=1S/C16H19NO3S/c1-12-6-7-16(10-13(12)2)21(18,19)9-8-20-15-5-3-4-14(17)11-15/h3-7,10-11H,8-9,17H2,1-2H3. The Balaban J connectivity index is 2.03. The van der Waals surface area contributed by atoms with Crippen molar-refractivity contribution in [3.05, 3.63) is 53.6 Å². The van der Waals surface area contributed by atoms with Crippen LogP contribution in [0.15, 0.2) is 47.4 Å². The van der Waals surface area contributed by atoms with Crippen LogP contribution in [0.1, 0.15) is 11.1 Å². The van der Waals surface area contributed by atoms with E-state index in [2.05, 4.69) is 0 Å². The SMILES string of the molecule is Cc1ccc(S(=O)(=O)CCOc2cccc(N)c2)cc1C. The summed E-state index contributed by atoms with van der Waals surface area (Å²) in [6.45, 7) is 3.95. The molecule has 0 unspecified atom stereocenters. The van der Waals surface area contributed by atoms with Gasteiger partial charge in [-0.1, -0.05) is 12.1 Å². The molecule has 2 N–H and O–H groups in total. The van der Waals surface area contributed by atoms with E-state index in [0.29, 0.717) is 16.3 Å². The zero-order chi connectivity index (χ0) is 15.5. The van der Waals surface area contributed by atoms with E-state index in [9.17, 15) is 8.42 Å². The Bertz CT molecular complexity index is 739. The van der Waals surface area contributed by atoms with Gasteiger partial charge in [0.1, 0.15) is 12.4 Å². The van der Waals surface area contributed by atoms with Gasteiger partial charge in [-0.3, -0.25) is 0 Å². The van der Waals surface area contributed by atoms with Gasteiger partial charge in [0.2, 0.25) is 0 Å². The average Bonchev–Trinajstić information content (AvgIpc) is 2.41. The highest BCUT2D eigenvalue weighted by Gasteiger charge is 2.15. The second kappa shape index (κ2) is 6.18. The van der Waals surface area contributed by atoms with Gasteiger partial charge >= 0.3 is 0 Å².